The molecule has 0 N–H and O–H groups in total. The van der Waals surface area contributed by atoms with Crippen molar-refractivity contribution in [3.63, 3.8) is 0 Å². The summed E-state index contributed by atoms with van der Waals surface area (Å²) in [7, 11) is 0. The summed E-state index contributed by atoms with van der Waals surface area (Å²) in [6.45, 7) is 5.70. The van der Waals surface area contributed by atoms with Crippen LogP contribution in [0.15, 0.2) is 46.4 Å². The number of rotatable bonds is 5. The van der Waals surface area contributed by atoms with Crippen molar-refractivity contribution in [2.75, 3.05) is 26.2 Å². The fourth-order valence-corrected chi connectivity index (χ4v) is 3.49. The quantitative estimate of drug-likeness (QED) is 0.711. The molecular weight excluding hydrogens is 322 g/mol. The lowest BCUT2D eigenvalue weighted by Gasteiger charge is -2.33. The highest BCUT2D eigenvalue weighted by Crippen LogP contribution is 2.21. The molecule has 0 unspecified atom stereocenters. The molecule has 0 bridgehead atoms. The Morgan fingerprint density at radius 3 is 2.54 bits per heavy atom. The van der Waals surface area contributed by atoms with Gasteiger partial charge >= 0.3 is 0 Å². The van der Waals surface area contributed by atoms with Crippen molar-refractivity contribution in [2.45, 2.75) is 13.1 Å². The van der Waals surface area contributed by atoms with Gasteiger partial charge in [-0.3, -0.25) is 14.8 Å². The van der Waals surface area contributed by atoms with E-state index < -0.39 is 0 Å². The molecule has 1 fully saturated rings. The van der Waals surface area contributed by atoms with E-state index in [0.717, 1.165) is 49.8 Å². The van der Waals surface area contributed by atoms with E-state index in [9.17, 15) is 0 Å². The Morgan fingerprint density at radius 2 is 1.83 bits per heavy atom. The molecule has 0 atom stereocenters. The highest BCUT2D eigenvalue weighted by atomic mass is 32.1. The van der Waals surface area contributed by atoms with Crippen molar-refractivity contribution in [3.05, 3.63) is 53.5 Å². The zero-order chi connectivity index (χ0) is 16.2. The lowest BCUT2D eigenvalue weighted by molar-refractivity contribution is 0.111. The van der Waals surface area contributed by atoms with Crippen LogP contribution in [0, 0.1) is 0 Å². The molecule has 4 heterocycles. The van der Waals surface area contributed by atoms with Crippen LogP contribution in [0.2, 0.25) is 0 Å². The minimum atomic E-state index is 0.689. The Kier molecular flexibility index (Phi) is 4.64. The van der Waals surface area contributed by atoms with Gasteiger partial charge in [0, 0.05) is 38.9 Å². The first-order chi connectivity index (χ1) is 11.9. The molecule has 3 aromatic heterocycles. The molecule has 0 aromatic carbocycles. The first-order valence-corrected chi connectivity index (χ1v) is 8.96. The zero-order valence-electron chi connectivity index (χ0n) is 13.3. The number of thiophene rings is 1. The van der Waals surface area contributed by atoms with Crippen molar-refractivity contribution in [1.82, 2.24) is 24.9 Å². The maximum Gasteiger partial charge on any atom is 0.241 e. The molecule has 24 heavy (non-hydrogen) atoms. The minimum absolute atomic E-state index is 0.689. The average Bonchev–Trinajstić information content (AvgIpc) is 3.29. The maximum atomic E-state index is 5.39. The second-order valence-corrected chi connectivity index (χ2v) is 6.81. The van der Waals surface area contributed by atoms with Crippen molar-refractivity contribution in [3.8, 4) is 10.7 Å². The fraction of sp³-hybridized carbons (Fsp3) is 0.353. The molecule has 1 saturated heterocycles. The van der Waals surface area contributed by atoms with E-state index in [2.05, 4.69) is 31.0 Å². The van der Waals surface area contributed by atoms with Crippen LogP contribution in [-0.4, -0.2) is 51.1 Å². The van der Waals surface area contributed by atoms with Gasteiger partial charge in [0.2, 0.25) is 11.7 Å². The number of aromatic nitrogens is 3. The summed E-state index contributed by atoms with van der Waals surface area (Å²) < 4.78 is 5.39. The third-order valence-electron chi connectivity index (χ3n) is 4.15. The highest BCUT2D eigenvalue weighted by molar-refractivity contribution is 7.13. The number of hydrogen-bond donors (Lipinski definition) is 0. The van der Waals surface area contributed by atoms with Crippen molar-refractivity contribution >= 4 is 11.3 Å². The molecule has 0 spiro atoms. The first kappa shape index (κ1) is 15.4. The Labute approximate surface area is 144 Å². The van der Waals surface area contributed by atoms with Gasteiger partial charge in [-0.2, -0.15) is 4.98 Å². The summed E-state index contributed by atoms with van der Waals surface area (Å²) in [6.07, 6.45) is 1.85. The van der Waals surface area contributed by atoms with Crippen LogP contribution in [0.3, 0.4) is 0 Å². The Hall–Kier alpha value is -2.09. The van der Waals surface area contributed by atoms with Crippen LogP contribution in [0.4, 0.5) is 0 Å². The summed E-state index contributed by atoms with van der Waals surface area (Å²) in [6, 6.07) is 10.1. The summed E-state index contributed by atoms with van der Waals surface area (Å²) in [5.74, 6) is 1.38. The second kappa shape index (κ2) is 7.21. The molecule has 0 radical (unpaired) electrons. The van der Waals surface area contributed by atoms with Crippen LogP contribution >= 0.6 is 11.3 Å². The minimum Gasteiger partial charge on any atom is -0.338 e. The smallest absolute Gasteiger partial charge is 0.241 e. The highest BCUT2D eigenvalue weighted by Gasteiger charge is 2.20. The molecule has 1 aliphatic rings. The SMILES string of the molecule is c1ccc(CN2CCN(Cc3nc(-c4cccs4)no3)CC2)nc1. The summed E-state index contributed by atoms with van der Waals surface area (Å²) in [5.41, 5.74) is 1.13. The molecule has 6 nitrogen and oxygen atoms in total. The van der Waals surface area contributed by atoms with Gasteiger partial charge in [0.05, 0.1) is 17.1 Å². The van der Waals surface area contributed by atoms with Gasteiger partial charge < -0.3 is 4.52 Å². The molecule has 3 aromatic rings. The molecule has 4 rings (SSSR count). The number of nitrogens with zero attached hydrogens (tertiary/aromatic N) is 5. The van der Waals surface area contributed by atoms with Crippen LogP contribution in [0.25, 0.3) is 10.7 Å². The molecule has 1 aliphatic heterocycles. The van der Waals surface area contributed by atoms with Crippen LogP contribution in [-0.2, 0) is 13.1 Å². The fourth-order valence-electron chi connectivity index (χ4n) is 2.84. The maximum absolute atomic E-state index is 5.39. The van der Waals surface area contributed by atoms with Crippen molar-refractivity contribution in [1.29, 1.82) is 0 Å². The third-order valence-corrected chi connectivity index (χ3v) is 5.01. The van der Waals surface area contributed by atoms with E-state index >= 15 is 0 Å². The Morgan fingerprint density at radius 1 is 1.00 bits per heavy atom. The molecule has 0 aliphatic carbocycles. The normalized spacial score (nSPS) is 16.5. The Balaban J connectivity index is 1.29. The van der Waals surface area contributed by atoms with Crippen LogP contribution in [0.1, 0.15) is 11.6 Å². The van der Waals surface area contributed by atoms with Crippen molar-refractivity contribution < 1.29 is 4.52 Å². The van der Waals surface area contributed by atoms with Crippen molar-refractivity contribution in [2.24, 2.45) is 0 Å². The molecular formula is C17H19N5OS. The lowest BCUT2D eigenvalue weighted by Crippen LogP contribution is -2.45. The van der Waals surface area contributed by atoms with Crippen LogP contribution < -0.4 is 0 Å². The molecule has 124 valence electrons. The monoisotopic (exact) mass is 341 g/mol. The molecule has 0 saturated carbocycles. The largest absolute Gasteiger partial charge is 0.338 e. The first-order valence-electron chi connectivity index (χ1n) is 8.08. The second-order valence-electron chi connectivity index (χ2n) is 5.86. The summed E-state index contributed by atoms with van der Waals surface area (Å²) in [5, 5.41) is 6.09. The molecule has 0 amide bonds. The van der Waals surface area contributed by atoms with E-state index in [-0.39, 0.29) is 0 Å². The van der Waals surface area contributed by atoms with E-state index in [1.807, 2.05) is 35.8 Å². The summed E-state index contributed by atoms with van der Waals surface area (Å²) in [4.78, 5) is 14.7. The molecule has 7 heteroatoms. The van der Waals surface area contributed by atoms with Gasteiger partial charge in [-0.1, -0.05) is 17.3 Å². The van der Waals surface area contributed by atoms with E-state index in [0.29, 0.717) is 11.7 Å². The Bertz CT molecular complexity index is 750. The van der Waals surface area contributed by atoms with Gasteiger partial charge in [0.25, 0.3) is 0 Å². The van der Waals surface area contributed by atoms with Gasteiger partial charge in [0.1, 0.15) is 0 Å². The van der Waals surface area contributed by atoms with Gasteiger partial charge in [-0.25, -0.2) is 0 Å². The van der Waals surface area contributed by atoms with Gasteiger partial charge in [-0.15, -0.1) is 11.3 Å². The number of hydrogen-bond acceptors (Lipinski definition) is 7. The van der Waals surface area contributed by atoms with E-state index in [1.165, 1.54) is 0 Å². The van der Waals surface area contributed by atoms with E-state index in [1.54, 1.807) is 11.3 Å². The average molecular weight is 341 g/mol. The third kappa shape index (κ3) is 3.69. The van der Waals surface area contributed by atoms with Gasteiger partial charge in [-0.05, 0) is 23.6 Å². The standard InChI is InChI=1S/C17H19N5OS/c1-2-6-18-14(4-1)12-21-7-9-22(10-8-21)13-16-19-17(20-23-16)15-5-3-11-24-15/h1-6,11H,7-10,12-13H2. The number of piperazine rings is 1. The van der Waals surface area contributed by atoms with Crippen LogP contribution in [0.5, 0.6) is 0 Å². The summed E-state index contributed by atoms with van der Waals surface area (Å²) >= 11 is 1.63. The van der Waals surface area contributed by atoms with Gasteiger partial charge in [0.15, 0.2) is 0 Å². The predicted octanol–water partition coefficient (Wildman–Crippen LogP) is 2.51. The van der Waals surface area contributed by atoms with E-state index in [4.69, 9.17) is 4.52 Å². The lowest BCUT2D eigenvalue weighted by atomic mass is 10.2. The number of pyridine rings is 1. The predicted molar refractivity (Wildman–Crippen MR) is 92.4 cm³/mol. The topological polar surface area (TPSA) is 58.3 Å². The zero-order valence-corrected chi connectivity index (χ0v) is 14.2.